The van der Waals surface area contributed by atoms with E-state index in [2.05, 4.69) is 0 Å². The third kappa shape index (κ3) is 6.01. The summed E-state index contributed by atoms with van der Waals surface area (Å²) in [7, 11) is 0. The van der Waals surface area contributed by atoms with Gasteiger partial charge in [-0.25, -0.2) is 0 Å². The average molecular weight is 202 g/mol. The van der Waals surface area contributed by atoms with Crippen LogP contribution in [0.5, 0.6) is 0 Å². The van der Waals surface area contributed by atoms with Crippen LogP contribution in [0.3, 0.4) is 0 Å². The molecule has 0 aliphatic carbocycles. The number of carbonyl (C=O) groups is 1. The Labute approximate surface area is 119 Å². The molecule has 1 heterocycles. The summed E-state index contributed by atoms with van der Waals surface area (Å²) >= 11 is 0. The zero-order valence-electron chi connectivity index (χ0n) is 7.27. The van der Waals surface area contributed by atoms with Gasteiger partial charge in [0.05, 0.1) is 12.2 Å². The van der Waals surface area contributed by atoms with E-state index in [1.54, 1.807) is 30.5 Å². The fraction of sp³-hybridized carbons (Fsp3) is 0. The van der Waals surface area contributed by atoms with Gasteiger partial charge in [-0.1, -0.05) is 12.2 Å². The predicted molar refractivity (Wildman–Crippen MR) is 41.9 cm³/mol. The van der Waals surface area contributed by atoms with Crippen LogP contribution in [0.15, 0.2) is 41.0 Å². The van der Waals surface area contributed by atoms with Gasteiger partial charge in [0, 0.05) is 0 Å². The van der Waals surface area contributed by atoms with Gasteiger partial charge in [0.15, 0.2) is 0 Å². The Balaban J connectivity index is 0.00000144. The summed E-state index contributed by atoms with van der Waals surface area (Å²) in [5.41, 5.74) is 0. The van der Waals surface area contributed by atoms with Gasteiger partial charge in [-0.05, 0) is 24.3 Å². The van der Waals surface area contributed by atoms with Crippen LogP contribution >= 0.6 is 0 Å². The van der Waals surface area contributed by atoms with Crippen LogP contribution < -0.4 is 56.5 Å². The van der Waals surface area contributed by atoms with Crippen molar-refractivity contribution < 1.29 is 65.7 Å². The normalized spacial score (nSPS) is 10.5. The van der Waals surface area contributed by atoms with E-state index in [0.29, 0.717) is 5.76 Å². The molecule has 0 unspecified atom stereocenters. The first-order valence-electron chi connectivity index (χ1n) is 3.38. The summed E-state index contributed by atoms with van der Waals surface area (Å²) in [5.74, 6) is -0.530. The molecule has 1 rings (SSSR count). The second-order valence-electron chi connectivity index (χ2n) is 2.05. The van der Waals surface area contributed by atoms with Crippen molar-refractivity contribution >= 4 is 12.0 Å². The Hall–Kier alpha value is -0.134. The number of hydrogen-bond acceptors (Lipinski definition) is 3. The molecule has 0 aromatic carbocycles. The van der Waals surface area contributed by atoms with Crippen LogP contribution in [-0.2, 0) is 4.79 Å². The van der Waals surface area contributed by atoms with E-state index in [-0.39, 0.29) is 51.4 Å². The first-order chi connectivity index (χ1) is 5.79. The van der Waals surface area contributed by atoms with Gasteiger partial charge in [-0.2, -0.15) is 0 Å². The van der Waals surface area contributed by atoms with Crippen molar-refractivity contribution in [1.82, 2.24) is 0 Å². The molecule has 13 heavy (non-hydrogen) atoms. The summed E-state index contributed by atoms with van der Waals surface area (Å²) in [5, 5.41) is 9.91. The van der Waals surface area contributed by atoms with Crippen molar-refractivity contribution in [3.8, 4) is 0 Å². The Kier molecular flexibility index (Phi) is 7.21. The predicted octanol–water partition coefficient (Wildman–Crippen LogP) is -2.40. The molecule has 1 aromatic heterocycles. The molecular formula is C9H7KO3. The number of carboxylic acids is 1. The summed E-state index contributed by atoms with van der Waals surface area (Å²) in [6, 6.07) is 3.52. The van der Waals surface area contributed by atoms with Crippen LogP contribution in [0.25, 0.3) is 6.08 Å². The van der Waals surface area contributed by atoms with E-state index in [4.69, 9.17) is 4.42 Å². The fourth-order valence-electron chi connectivity index (χ4n) is 0.671. The molecule has 4 heteroatoms. The molecular weight excluding hydrogens is 195 g/mol. The minimum Gasteiger partial charge on any atom is -0.545 e. The van der Waals surface area contributed by atoms with Crippen LogP contribution in [0.4, 0.5) is 0 Å². The molecule has 3 nitrogen and oxygen atoms in total. The van der Waals surface area contributed by atoms with E-state index in [9.17, 15) is 9.90 Å². The molecule has 0 spiro atoms. The molecule has 0 fully saturated rings. The van der Waals surface area contributed by atoms with Gasteiger partial charge in [0.2, 0.25) is 0 Å². The minimum atomic E-state index is -1.21. The van der Waals surface area contributed by atoms with E-state index < -0.39 is 5.97 Å². The van der Waals surface area contributed by atoms with Gasteiger partial charge in [-0.3, -0.25) is 0 Å². The summed E-state index contributed by atoms with van der Waals surface area (Å²) in [6.07, 6.45) is 7.08. The number of furan rings is 1. The standard InChI is InChI=1S/C9H8O3.K/c10-9(11)6-2-1-4-8-5-3-7-12-8;/h1-7H,(H,10,11);/q;+1/p-1. The molecule has 62 valence electrons. The van der Waals surface area contributed by atoms with Crippen molar-refractivity contribution in [3.05, 3.63) is 42.4 Å². The Morgan fingerprint density at radius 2 is 2.23 bits per heavy atom. The number of allylic oxidation sites excluding steroid dienone is 2. The maximum absolute atomic E-state index is 9.91. The summed E-state index contributed by atoms with van der Waals surface area (Å²) < 4.78 is 4.96. The SMILES string of the molecule is O=C([O-])C=CC=Cc1ccco1.[K+]. The van der Waals surface area contributed by atoms with Crippen LogP contribution in [0.1, 0.15) is 5.76 Å². The first-order valence-corrected chi connectivity index (χ1v) is 3.38. The van der Waals surface area contributed by atoms with Crippen LogP contribution in [-0.4, -0.2) is 5.97 Å². The Morgan fingerprint density at radius 1 is 1.46 bits per heavy atom. The van der Waals surface area contributed by atoms with E-state index in [1.807, 2.05) is 0 Å². The third-order valence-electron chi connectivity index (χ3n) is 1.15. The average Bonchev–Trinajstić information content (AvgIpc) is 2.49. The zero-order valence-corrected chi connectivity index (χ0v) is 10.4. The topological polar surface area (TPSA) is 53.3 Å². The maximum Gasteiger partial charge on any atom is 1.00 e. The first kappa shape index (κ1) is 12.9. The van der Waals surface area contributed by atoms with E-state index in [0.717, 1.165) is 6.08 Å². The molecule has 0 aliphatic rings. The van der Waals surface area contributed by atoms with Gasteiger partial charge >= 0.3 is 51.4 Å². The number of aliphatic carboxylic acids is 1. The van der Waals surface area contributed by atoms with Crippen molar-refractivity contribution in [1.29, 1.82) is 0 Å². The third-order valence-corrected chi connectivity index (χ3v) is 1.15. The molecule has 1 aromatic rings. The number of hydrogen-bond donors (Lipinski definition) is 0. The monoisotopic (exact) mass is 202 g/mol. The maximum atomic E-state index is 9.91. The summed E-state index contributed by atoms with van der Waals surface area (Å²) in [4.78, 5) is 9.91. The molecule has 0 amide bonds. The molecule has 0 radical (unpaired) electrons. The number of rotatable bonds is 3. The van der Waals surface area contributed by atoms with Gasteiger partial charge < -0.3 is 14.3 Å². The molecule has 0 saturated carbocycles. The van der Waals surface area contributed by atoms with Gasteiger partial charge in [-0.15, -0.1) is 0 Å². The van der Waals surface area contributed by atoms with E-state index in [1.165, 1.54) is 6.08 Å². The summed E-state index contributed by atoms with van der Waals surface area (Å²) in [6.45, 7) is 0. The minimum absolute atomic E-state index is 0. The Bertz CT molecular complexity index is 299. The van der Waals surface area contributed by atoms with Crippen molar-refractivity contribution in [2.75, 3.05) is 0 Å². The van der Waals surface area contributed by atoms with Crippen LogP contribution in [0.2, 0.25) is 0 Å². The Morgan fingerprint density at radius 3 is 2.77 bits per heavy atom. The smallest absolute Gasteiger partial charge is 0.545 e. The largest absolute Gasteiger partial charge is 1.00 e. The second-order valence-corrected chi connectivity index (χ2v) is 2.05. The van der Waals surface area contributed by atoms with Crippen molar-refractivity contribution in [2.45, 2.75) is 0 Å². The quantitative estimate of drug-likeness (QED) is 0.312. The number of carboxylic acid groups (broad SMARTS) is 1. The van der Waals surface area contributed by atoms with Gasteiger partial charge in [0.25, 0.3) is 0 Å². The zero-order chi connectivity index (χ0) is 8.81. The van der Waals surface area contributed by atoms with Crippen molar-refractivity contribution in [2.24, 2.45) is 0 Å². The van der Waals surface area contributed by atoms with E-state index >= 15 is 0 Å². The fourth-order valence-corrected chi connectivity index (χ4v) is 0.671. The van der Waals surface area contributed by atoms with Crippen LogP contribution in [0, 0.1) is 0 Å². The van der Waals surface area contributed by atoms with Gasteiger partial charge in [0.1, 0.15) is 5.76 Å². The molecule has 0 N–H and O–H groups in total. The molecule has 0 saturated heterocycles. The molecule has 0 aliphatic heterocycles. The molecule has 0 atom stereocenters. The second kappa shape index (κ2) is 7.29. The molecule has 0 bridgehead atoms. The van der Waals surface area contributed by atoms with Crippen molar-refractivity contribution in [3.63, 3.8) is 0 Å². The number of carbonyl (C=O) groups excluding carboxylic acids is 1.